The van der Waals surface area contributed by atoms with Gasteiger partial charge in [0.2, 0.25) is 0 Å². The van der Waals surface area contributed by atoms with E-state index in [2.05, 4.69) is 10.3 Å². The zero-order chi connectivity index (χ0) is 17.5. The van der Waals surface area contributed by atoms with Gasteiger partial charge in [-0.25, -0.2) is 9.37 Å². The van der Waals surface area contributed by atoms with Crippen LogP contribution < -0.4 is 5.32 Å². The van der Waals surface area contributed by atoms with Crippen molar-refractivity contribution < 1.29 is 18.0 Å². The number of carbonyl (C=O) groups is 1. The van der Waals surface area contributed by atoms with Crippen molar-refractivity contribution in [1.82, 2.24) is 10.3 Å². The molecule has 24 heavy (non-hydrogen) atoms. The monoisotopic (exact) mass is 374 g/mol. The van der Waals surface area contributed by atoms with E-state index in [0.717, 1.165) is 23.3 Å². The van der Waals surface area contributed by atoms with E-state index >= 15 is 0 Å². The van der Waals surface area contributed by atoms with Crippen molar-refractivity contribution >= 4 is 28.8 Å². The van der Waals surface area contributed by atoms with Gasteiger partial charge in [0.05, 0.1) is 5.51 Å². The maximum Gasteiger partial charge on any atom is 0.288 e. The number of aromatic nitrogens is 1. The molecule has 3 rings (SSSR count). The molecule has 1 aromatic carbocycles. The molecule has 8 heteroatoms. The van der Waals surface area contributed by atoms with Gasteiger partial charge in [-0.1, -0.05) is 17.7 Å². The van der Waals surface area contributed by atoms with Crippen molar-refractivity contribution in [3.63, 3.8) is 0 Å². The summed E-state index contributed by atoms with van der Waals surface area (Å²) in [7, 11) is 0. The van der Waals surface area contributed by atoms with Crippen LogP contribution in [0.3, 0.4) is 0 Å². The van der Waals surface area contributed by atoms with E-state index in [1.807, 2.05) is 0 Å². The van der Waals surface area contributed by atoms with Crippen LogP contribution in [0.2, 0.25) is 5.02 Å². The number of thiazole rings is 1. The summed E-state index contributed by atoms with van der Waals surface area (Å²) in [5.74, 6) is -4.22. The Kier molecular flexibility index (Phi) is 4.57. The Bertz CT molecular complexity index is 775. The molecular formula is C16H14ClF3N2OS. The summed E-state index contributed by atoms with van der Waals surface area (Å²) >= 11 is 6.95. The van der Waals surface area contributed by atoms with Crippen LogP contribution in [0.25, 0.3) is 0 Å². The summed E-state index contributed by atoms with van der Waals surface area (Å²) in [5, 5.41) is 3.07. The lowest BCUT2D eigenvalue weighted by molar-refractivity contribution is 0.0123. The third-order valence-electron chi connectivity index (χ3n) is 4.14. The average Bonchev–Trinajstić information content (AvgIpc) is 2.96. The van der Waals surface area contributed by atoms with Crippen LogP contribution in [0.15, 0.2) is 23.7 Å². The second-order valence-electron chi connectivity index (χ2n) is 5.85. The molecule has 2 atom stereocenters. The van der Waals surface area contributed by atoms with E-state index in [9.17, 15) is 18.0 Å². The van der Waals surface area contributed by atoms with Crippen molar-refractivity contribution in [1.29, 1.82) is 0 Å². The number of alkyl halides is 2. The average molecular weight is 375 g/mol. The van der Waals surface area contributed by atoms with Gasteiger partial charge in [0.25, 0.3) is 11.8 Å². The maximum absolute atomic E-state index is 13.5. The number of hydrogen-bond donors (Lipinski definition) is 1. The first-order valence-electron chi connectivity index (χ1n) is 7.35. The fourth-order valence-corrected chi connectivity index (χ4v) is 3.88. The topological polar surface area (TPSA) is 42.0 Å². The molecule has 1 aliphatic carbocycles. The molecule has 1 aromatic heterocycles. The molecule has 0 bridgehead atoms. The van der Waals surface area contributed by atoms with E-state index in [-0.39, 0.29) is 16.8 Å². The lowest BCUT2D eigenvalue weighted by Gasteiger charge is -2.38. The Labute approximate surface area is 145 Å². The van der Waals surface area contributed by atoms with E-state index < -0.39 is 23.3 Å². The lowest BCUT2D eigenvalue weighted by Crippen LogP contribution is -2.45. The number of halogens is 4. The van der Waals surface area contributed by atoms with Crippen LogP contribution in [0.5, 0.6) is 0 Å². The van der Waals surface area contributed by atoms with E-state index in [4.69, 9.17) is 11.6 Å². The van der Waals surface area contributed by atoms with Gasteiger partial charge in [-0.2, -0.15) is 8.78 Å². The molecule has 0 saturated heterocycles. The molecule has 0 aliphatic heterocycles. The van der Waals surface area contributed by atoms with E-state index in [1.165, 1.54) is 17.6 Å². The first kappa shape index (κ1) is 17.2. The molecule has 1 saturated carbocycles. The number of rotatable bonds is 4. The molecule has 0 radical (unpaired) electrons. The predicted octanol–water partition coefficient (Wildman–Crippen LogP) is 4.72. The van der Waals surface area contributed by atoms with Gasteiger partial charge in [0.15, 0.2) is 0 Å². The summed E-state index contributed by atoms with van der Waals surface area (Å²) in [6.45, 7) is 0.712. The summed E-state index contributed by atoms with van der Waals surface area (Å²) in [4.78, 5) is 15.8. The zero-order valence-corrected chi connectivity index (χ0v) is 14.2. The molecule has 3 nitrogen and oxygen atoms in total. The van der Waals surface area contributed by atoms with Crippen LogP contribution in [0.4, 0.5) is 13.2 Å². The quantitative estimate of drug-likeness (QED) is 0.841. The lowest BCUT2D eigenvalue weighted by atomic mass is 9.75. The molecule has 1 heterocycles. The van der Waals surface area contributed by atoms with Crippen LogP contribution in [0.1, 0.15) is 46.6 Å². The number of hydrogen-bond acceptors (Lipinski definition) is 3. The molecule has 1 N–H and O–H groups in total. The fourth-order valence-electron chi connectivity index (χ4n) is 2.80. The predicted molar refractivity (Wildman–Crippen MR) is 86.3 cm³/mol. The van der Waals surface area contributed by atoms with Gasteiger partial charge in [-0.15, -0.1) is 11.3 Å². The number of nitrogens with one attached hydrogen (secondary N) is 1. The maximum atomic E-state index is 13.5. The number of benzene rings is 1. The summed E-state index contributed by atoms with van der Waals surface area (Å²) in [6, 6.07) is 3.92. The van der Waals surface area contributed by atoms with E-state index in [0.29, 0.717) is 18.4 Å². The Morgan fingerprint density at radius 3 is 2.75 bits per heavy atom. The number of nitrogens with zero attached hydrogens (tertiary/aromatic N) is 1. The SMILES string of the molecule is CC(F)(F)c1ncsc1C(=O)NC1CC[C@H]1c1ccc(F)cc1Cl. The standard InChI is InChI=1S/C16H14ClF3N2OS/c1-16(19,20)14-13(24-7-21-14)15(23)22-12-5-4-10(12)9-3-2-8(18)6-11(9)17/h2-3,6-7,10,12H,4-5H2,1H3,(H,22,23)/t10-,12?/m0/s1. The van der Waals surface area contributed by atoms with Gasteiger partial charge < -0.3 is 5.32 Å². The molecule has 128 valence electrons. The van der Waals surface area contributed by atoms with Crippen LogP contribution in [-0.2, 0) is 5.92 Å². The van der Waals surface area contributed by atoms with Gasteiger partial charge >= 0.3 is 0 Å². The highest BCUT2D eigenvalue weighted by Crippen LogP contribution is 2.40. The highest BCUT2D eigenvalue weighted by atomic mass is 35.5. The number of amides is 1. The van der Waals surface area contributed by atoms with Crippen molar-refractivity contribution in [3.8, 4) is 0 Å². The first-order chi connectivity index (χ1) is 11.3. The van der Waals surface area contributed by atoms with Crippen molar-refractivity contribution in [2.24, 2.45) is 0 Å². The highest BCUT2D eigenvalue weighted by Gasteiger charge is 2.37. The van der Waals surface area contributed by atoms with Crippen molar-refractivity contribution in [2.75, 3.05) is 0 Å². The molecular weight excluding hydrogens is 361 g/mol. The minimum absolute atomic E-state index is 0.0550. The Balaban J connectivity index is 1.75. The second-order valence-corrected chi connectivity index (χ2v) is 7.11. The molecule has 1 amide bonds. The van der Waals surface area contributed by atoms with Gasteiger partial charge in [-0.05, 0) is 30.5 Å². The Morgan fingerprint density at radius 1 is 1.42 bits per heavy atom. The van der Waals surface area contributed by atoms with Gasteiger partial charge in [0.1, 0.15) is 16.4 Å². The zero-order valence-electron chi connectivity index (χ0n) is 12.7. The minimum atomic E-state index is -3.17. The Morgan fingerprint density at radius 2 is 2.17 bits per heavy atom. The summed E-state index contributed by atoms with van der Waals surface area (Å²) in [5.41, 5.74) is 1.47. The second kappa shape index (κ2) is 6.37. The minimum Gasteiger partial charge on any atom is -0.348 e. The van der Waals surface area contributed by atoms with Gasteiger partial charge in [0, 0.05) is 23.9 Å². The van der Waals surface area contributed by atoms with Crippen molar-refractivity contribution in [3.05, 3.63) is 50.7 Å². The third-order valence-corrected chi connectivity index (χ3v) is 5.29. The first-order valence-corrected chi connectivity index (χ1v) is 8.60. The molecule has 0 spiro atoms. The van der Waals surface area contributed by atoms with Crippen LogP contribution in [0, 0.1) is 5.82 Å². The molecule has 1 aliphatic rings. The van der Waals surface area contributed by atoms with Crippen LogP contribution >= 0.6 is 22.9 Å². The normalized spacial score (nSPS) is 20.5. The van der Waals surface area contributed by atoms with Crippen LogP contribution in [-0.4, -0.2) is 16.9 Å². The highest BCUT2D eigenvalue weighted by molar-refractivity contribution is 7.11. The van der Waals surface area contributed by atoms with Crippen molar-refractivity contribution in [2.45, 2.75) is 37.6 Å². The fraction of sp³-hybridized carbons (Fsp3) is 0.375. The molecule has 1 fully saturated rings. The molecule has 1 unspecified atom stereocenters. The largest absolute Gasteiger partial charge is 0.348 e. The Hall–Kier alpha value is -1.60. The number of carbonyl (C=O) groups excluding carboxylic acids is 1. The summed E-state index contributed by atoms with van der Waals surface area (Å²) in [6.07, 6.45) is 1.50. The smallest absolute Gasteiger partial charge is 0.288 e. The third kappa shape index (κ3) is 3.28. The van der Waals surface area contributed by atoms with E-state index in [1.54, 1.807) is 6.07 Å². The molecule has 2 aromatic rings. The summed E-state index contributed by atoms with van der Waals surface area (Å²) < 4.78 is 40.1. The van der Waals surface area contributed by atoms with Gasteiger partial charge in [-0.3, -0.25) is 4.79 Å².